The van der Waals surface area contributed by atoms with Crippen molar-refractivity contribution in [2.45, 2.75) is 46.6 Å². The first-order valence-corrected chi connectivity index (χ1v) is 8.52. The number of aryl methyl sites for hydroxylation is 2. The Morgan fingerprint density at radius 3 is 2.05 bits per heavy atom. The molecule has 0 unspecified atom stereocenters. The van der Waals surface area contributed by atoms with Crippen LogP contribution in [0.1, 0.15) is 40.0 Å². The molecule has 0 amide bonds. The van der Waals surface area contributed by atoms with Crippen molar-refractivity contribution in [3.63, 3.8) is 0 Å². The first-order chi connectivity index (χ1) is 9.45. The summed E-state index contributed by atoms with van der Waals surface area (Å²) in [6.07, 6.45) is 8.76. The number of aromatic nitrogens is 2. The summed E-state index contributed by atoms with van der Waals surface area (Å²) in [7, 11) is -1.94. The summed E-state index contributed by atoms with van der Waals surface area (Å²) in [6.45, 7) is 7.37. The zero-order valence-corrected chi connectivity index (χ0v) is 13.8. The lowest BCUT2D eigenvalue weighted by atomic mass is 10.5. The van der Waals surface area contributed by atoms with Crippen molar-refractivity contribution in [3.8, 4) is 0 Å². The van der Waals surface area contributed by atoms with Gasteiger partial charge in [-0.05, 0) is 19.3 Å². The van der Waals surface area contributed by atoms with Gasteiger partial charge in [0.05, 0.1) is 26.8 Å². The molecular formula is C13H27N2O4P. The van der Waals surface area contributed by atoms with Crippen LogP contribution in [0.5, 0.6) is 0 Å². The Kier molecular flexibility index (Phi) is 10.7. The number of phosphoric acid groups is 1. The number of phosphoric ester groups is 1. The van der Waals surface area contributed by atoms with Gasteiger partial charge in [-0.2, -0.15) is 0 Å². The fourth-order valence-corrected chi connectivity index (χ4v) is 2.22. The Morgan fingerprint density at radius 2 is 1.70 bits per heavy atom. The first-order valence-electron chi connectivity index (χ1n) is 7.06. The summed E-state index contributed by atoms with van der Waals surface area (Å²) >= 11 is 0. The van der Waals surface area contributed by atoms with Gasteiger partial charge in [-0.25, -0.2) is 9.13 Å². The summed E-state index contributed by atoms with van der Waals surface area (Å²) in [5, 5.41) is 0. The van der Waals surface area contributed by atoms with Crippen LogP contribution in [0.2, 0.25) is 0 Å². The first kappa shape index (κ1) is 19.3. The van der Waals surface area contributed by atoms with Crippen LogP contribution in [-0.2, 0) is 27.2 Å². The van der Waals surface area contributed by atoms with Crippen molar-refractivity contribution in [3.05, 3.63) is 18.7 Å². The highest BCUT2D eigenvalue weighted by Gasteiger charge is 2.06. The third-order valence-corrected chi connectivity index (χ3v) is 3.21. The second-order valence-electron chi connectivity index (χ2n) is 4.43. The molecule has 0 N–H and O–H groups in total. The highest BCUT2D eigenvalue weighted by molar-refractivity contribution is 7.45. The summed E-state index contributed by atoms with van der Waals surface area (Å²) in [5.41, 5.74) is 0. The topological polar surface area (TPSA) is 67.4 Å². The number of hydrogen-bond donors (Lipinski definition) is 0. The predicted octanol–water partition coefficient (Wildman–Crippen LogP) is 2.03. The van der Waals surface area contributed by atoms with Gasteiger partial charge in [0.15, 0.2) is 0 Å². The number of imidazole rings is 1. The Hall–Kier alpha value is -0.680. The third-order valence-electron chi connectivity index (χ3n) is 2.21. The van der Waals surface area contributed by atoms with Crippen LogP contribution in [0.4, 0.5) is 0 Å². The molecule has 0 aliphatic heterocycles. The molecule has 0 fully saturated rings. The molecule has 0 aliphatic rings. The van der Waals surface area contributed by atoms with Gasteiger partial charge in [0.25, 0.3) is 7.82 Å². The van der Waals surface area contributed by atoms with Gasteiger partial charge in [0, 0.05) is 0 Å². The zero-order chi connectivity index (χ0) is 15.4. The molecule has 20 heavy (non-hydrogen) atoms. The number of rotatable bonds is 8. The molecule has 6 nitrogen and oxygen atoms in total. The average molecular weight is 306 g/mol. The van der Waals surface area contributed by atoms with E-state index in [0.29, 0.717) is 12.8 Å². The van der Waals surface area contributed by atoms with E-state index in [1.165, 1.54) is 6.42 Å². The molecule has 1 heterocycles. The van der Waals surface area contributed by atoms with E-state index in [9.17, 15) is 9.46 Å². The maximum atomic E-state index is 10.7. The average Bonchev–Trinajstić information content (AvgIpc) is 2.81. The minimum absolute atomic E-state index is 0.199. The second kappa shape index (κ2) is 11.0. The molecule has 0 radical (unpaired) electrons. The van der Waals surface area contributed by atoms with Crippen LogP contribution in [0, 0.1) is 0 Å². The second-order valence-corrected chi connectivity index (χ2v) is 5.84. The lowest BCUT2D eigenvalue weighted by Crippen LogP contribution is -2.23. The molecule has 0 bridgehead atoms. The van der Waals surface area contributed by atoms with Gasteiger partial charge in [0.2, 0.25) is 6.33 Å². The van der Waals surface area contributed by atoms with Gasteiger partial charge in [0.1, 0.15) is 12.4 Å². The monoisotopic (exact) mass is 306 g/mol. The number of hydrogen-bond acceptors (Lipinski definition) is 4. The van der Waals surface area contributed by atoms with E-state index >= 15 is 0 Å². The zero-order valence-electron chi connectivity index (χ0n) is 12.9. The molecule has 1 aromatic rings. The van der Waals surface area contributed by atoms with Crippen LogP contribution in [0.25, 0.3) is 0 Å². The van der Waals surface area contributed by atoms with E-state index in [-0.39, 0.29) is 13.2 Å². The van der Waals surface area contributed by atoms with Crippen molar-refractivity contribution in [1.29, 1.82) is 0 Å². The Balaban J connectivity index is 0.000000367. The molecule has 0 aliphatic carbocycles. The third kappa shape index (κ3) is 10.1. The molecule has 0 saturated carbocycles. The Labute approximate surface area is 122 Å². The molecule has 0 spiro atoms. The Bertz CT molecular complexity index is 383. The lowest BCUT2D eigenvalue weighted by Gasteiger charge is -2.21. The SMILES string of the molecule is CCCOP(=O)([O-])OCCC.CCCn1cc[n+](C)c1. The molecule has 1 rings (SSSR count). The number of nitrogens with zero attached hydrogens (tertiary/aromatic N) is 2. The molecule has 1 aromatic heterocycles. The van der Waals surface area contributed by atoms with Gasteiger partial charge in [-0.1, -0.05) is 20.8 Å². The maximum Gasteiger partial charge on any atom is 0.267 e. The van der Waals surface area contributed by atoms with Crippen molar-refractivity contribution in [2.24, 2.45) is 7.05 Å². The molecular weight excluding hydrogens is 279 g/mol. The summed E-state index contributed by atoms with van der Waals surface area (Å²) in [5.74, 6) is 0. The Morgan fingerprint density at radius 1 is 1.15 bits per heavy atom. The van der Waals surface area contributed by atoms with E-state index in [1.807, 2.05) is 20.9 Å². The smallest absolute Gasteiger partial charge is 0.267 e. The quantitative estimate of drug-likeness (QED) is 0.544. The normalized spacial score (nSPS) is 11.1. The van der Waals surface area contributed by atoms with Gasteiger partial charge >= 0.3 is 0 Å². The van der Waals surface area contributed by atoms with E-state index in [4.69, 9.17) is 0 Å². The molecule has 0 aromatic carbocycles. The maximum absolute atomic E-state index is 10.7. The largest absolute Gasteiger partial charge is 0.756 e. The fraction of sp³-hybridized carbons (Fsp3) is 0.769. The van der Waals surface area contributed by atoms with Crippen LogP contribution >= 0.6 is 7.82 Å². The molecule has 0 atom stereocenters. The van der Waals surface area contributed by atoms with Crippen LogP contribution in [0.15, 0.2) is 18.7 Å². The van der Waals surface area contributed by atoms with Crippen molar-refractivity contribution in [1.82, 2.24) is 4.57 Å². The van der Waals surface area contributed by atoms with Crippen molar-refractivity contribution in [2.75, 3.05) is 13.2 Å². The molecule has 7 heteroatoms. The molecule has 118 valence electrons. The minimum atomic E-state index is -3.98. The lowest BCUT2D eigenvalue weighted by molar-refractivity contribution is -0.671. The van der Waals surface area contributed by atoms with Gasteiger partial charge in [-0.15, -0.1) is 0 Å². The standard InChI is InChI=1S/C7H13N2.C6H15O4P/c1-3-4-9-6-5-8(2)7-9;1-3-5-9-11(7,8)10-6-4-2/h5-7H,3-4H2,1-2H3;3-6H2,1-2H3,(H,7,8)/q+1;/p-1. The summed E-state index contributed by atoms with van der Waals surface area (Å²) in [4.78, 5) is 10.7. The van der Waals surface area contributed by atoms with E-state index < -0.39 is 7.82 Å². The summed E-state index contributed by atoms with van der Waals surface area (Å²) in [6, 6.07) is 0. The van der Waals surface area contributed by atoms with Gasteiger partial charge < -0.3 is 13.9 Å². The van der Waals surface area contributed by atoms with E-state index in [2.05, 4.69) is 43.8 Å². The van der Waals surface area contributed by atoms with Crippen LogP contribution < -0.4 is 9.46 Å². The minimum Gasteiger partial charge on any atom is -0.756 e. The van der Waals surface area contributed by atoms with Crippen LogP contribution in [0.3, 0.4) is 0 Å². The van der Waals surface area contributed by atoms with Crippen molar-refractivity contribution >= 4 is 7.82 Å². The predicted molar refractivity (Wildman–Crippen MR) is 76.0 cm³/mol. The fourth-order valence-electron chi connectivity index (χ4n) is 1.34. The van der Waals surface area contributed by atoms with Crippen LogP contribution in [-0.4, -0.2) is 17.8 Å². The molecule has 0 saturated heterocycles. The van der Waals surface area contributed by atoms with Crippen molar-refractivity contribution < 1.29 is 23.1 Å². The summed E-state index contributed by atoms with van der Waals surface area (Å²) < 4.78 is 23.9. The van der Waals surface area contributed by atoms with E-state index in [1.54, 1.807) is 0 Å². The highest BCUT2D eigenvalue weighted by atomic mass is 31.2. The van der Waals surface area contributed by atoms with E-state index in [0.717, 1.165) is 6.54 Å². The highest BCUT2D eigenvalue weighted by Crippen LogP contribution is 2.38. The van der Waals surface area contributed by atoms with Gasteiger partial charge in [-0.3, -0.25) is 4.57 Å².